The molecule has 0 aliphatic heterocycles. The lowest BCUT2D eigenvalue weighted by Crippen LogP contribution is -2.19. The van der Waals surface area contributed by atoms with Gasteiger partial charge in [0.15, 0.2) is 0 Å². The fraction of sp³-hybridized carbons (Fsp3) is 0.188. The molecule has 0 radical (unpaired) electrons. The summed E-state index contributed by atoms with van der Waals surface area (Å²) in [6.07, 6.45) is 3.93. The molecule has 2 N–H and O–H groups in total. The van der Waals surface area contributed by atoms with E-state index in [0.717, 1.165) is 16.9 Å². The summed E-state index contributed by atoms with van der Waals surface area (Å²) in [7, 11) is -2.00. The standard InChI is InChI=1S/C16H18N4O2S/c1-17-23(21,22)15-6-4-5-13(9-15)10-18-11-14-12-20-8-3-2-7-16(20)19-14/h2-9,12,17-18H,10-11H2,1H3. The number of sulfonamides is 1. The van der Waals surface area contributed by atoms with E-state index >= 15 is 0 Å². The second-order valence-corrected chi connectivity index (χ2v) is 7.04. The first-order chi connectivity index (χ1) is 11.1. The summed E-state index contributed by atoms with van der Waals surface area (Å²) in [6.45, 7) is 1.19. The largest absolute Gasteiger partial charge is 0.307 e. The zero-order valence-corrected chi connectivity index (χ0v) is 13.5. The van der Waals surface area contributed by atoms with Crippen LogP contribution in [0.2, 0.25) is 0 Å². The van der Waals surface area contributed by atoms with Gasteiger partial charge in [0.2, 0.25) is 10.0 Å². The molecule has 3 rings (SSSR count). The van der Waals surface area contributed by atoms with Gasteiger partial charge in [0, 0.05) is 25.5 Å². The first kappa shape index (κ1) is 15.7. The predicted molar refractivity (Wildman–Crippen MR) is 88.4 cm³/mol. The van der Waals surface area contributed by atoms with Crippen LogP contribution in [-0.2, 0) is 23.1 Å². The Morgan fingerprint density at radius 3 is 2.78 bits per heavy atom. The summed E-state index contributed by atoms with van der Waals surface area (Å²) in [5.74, 6) is 0. The van der Waals surface area contributed by atoms with Crippen LogP contribution in [0.25, 0.3) is 5.65 Å². The van der Waals surface area contributed by atoms with Crippen LogP contribution in [0.5, 0.6) is 0 Å². The van der Waals surface area contributed by atoms with Crippen molar-refractivity contribution in [2.75, 3.05) is 7.05 Å². The van der Waals surface area contributed by atoms with Crippen LogP contribution in [0, 0.1) is 0 Å². The molecule has 0 aliphatic rings. The number of hydrogen-bond acceptors (Lipinski definition) is 4. The third-order valence-electron chi connectivity index (χ3n) is 3.53. The van der Waals surface area contributed by atoms with Gasteiger partial charge in [-0.2, -0.15) is 0 Å². The van der Waals surface area contributed by atoms with E-state index in [9.17, 15) is 8.42 Å². The van der Waals surface area contributed by atoms with Crippen LogP contribution in [0.4, 0.5) is 0 Å². The highest BCUT2D eigenvalue weighted by atomic mass is 32.2. The zero-order chi connectivity index (χ0) is 16.3. The molecule has 120 valence electrons. The Balaban J connectivity index is 1.65. The van der Waals surface area contributed by atoms with Gasteiger partial charge in [0.1, 0.15) is 5.65 Å². The van der Waals surface area contributed by atoms with Gasteiger partial charge in [-0.1, -0.05) is 18.2 Å². The molecule has 7 heteroatoms. The Morgan fingerprint density at radius 1 is 1.13 bits per heavy atom. The molecule has 0 unspecified atom stereocenters. The number of hydrogen-bond donors (Lipinski definition) is 2. The fourth-order valence-corrected chi connectivity index (χ4v) is 3.15. The van der Waals surface area contributed by atoms with Gasteiger partial charge in [-0.25, -0.2) is 18.1 Å². The lowest BCUT2D eigenvalue weighted by Gasteiger charge is -2.06. The van der Waals surface area contributed by atoms with E-state index in [2.05, 4.69) is 15.0 Å². The normalized spacial score (nSPS) is 11.9. The van der Waals surface area contributed by atoms with Crippen LogP contribution in [0.15, 0.2) is 59.8 Å². The van der Waals surface area contributed by atoms with Gasteiger partial charge >= 0.3 is 0 Å². The van der Waals surface area contributed by atoms with Crippen molar-refractivity contribution in [3.63, 3.8) is 0 Å². The average molecular weight is 330 g/mol. The van der Waals surface area contributed by atoms with Crippen LogP contribution in [0.1, 0.15) is 11.3 Å². The van der Waals surface area contributed by atoms with Crippen molar-refractivity contribution in [2.45, 2.75) is 18.0 Å². The molecule has 2 heterocycles. The van der Waals surface area contributed by atoms with E-state index in [0.29, 0.717) is 13.1 Å². The smallest absolute Gasteiger partial charge is 0.240 e. The molecule has 0 saturated heterocycles. The maximum absolute atomic E-state index is 11.8. The molecular weight excluding hydrogens is 312 g/mol. The maximum Gasteiger partial charge on any atom is 0.240 e. The van der Waals surface area contributed by atoms with Crippen molar-refractivity contribution in [2.24, 2.45) is 0 Å². The van der Waals surface area contributed by atoms with E-state index in [1.54, 1.807) is 18.2 Å². The van der Waals surface area contributed by atoms with E-state index in [4.69, 9.17) is 0 Å². The molecule has 0 aliphatic carbocycles. The summed E-state index contributed by atoms with van der Waals surface area (Å²) < 4.78 is 27.9. The van der Waals surface area contributed by atoms with E-state index in [-0.39, 0.29) is 4.90 Å². The van der Waals surface area contributed by atoms with Crippen LogP contribution in [0.3, 0.4) is 0 Å². The lowest BCUT2D eigenvalue weighted by molar-refractivity contribution is 0.588. The van der Waals surface area contributed by atoms with Gasteiger partial charge in [0.05, 0.1) is 10.6 Å². The number of fused-ring (bicyclic) bond motifs is 1. The third kappa shape index (κ3) is 3.58. The van der Waals surface area contributed by atoms with Crippen LogP contribution < -0.4 is 10.0 Å². The SMILES string of the molecule is CNS(=O)(=O)c1cccc(CNCc2cn3ccccc3n2)c1. The molecule has 0 atom stereocenters. The van der Waals surface area contributed by atoms with Gasteiger partial charge < -0.3 is 9.72 Å². The Bertz CT molecular complexity index is 885. The van der Waals surface area contributed by atoms with Crippen molar-refractivity contribution in [1.29, 1.82) is 0 Å². The van der Waals surface area contributed by atoms with Crippen molar-refractivity contribution in [1.82, 2.24) is 19.4 Å². The van der Waals surface area contributed by atoms with E-state index in [1.165, 1.54) is 7.05 Å². The number of imidazole rings is 1. The molecule has 6 nitrogen and oxygen atoms in total. The molecule has 0 amide bonds. The minimum absolute atomic E-state index is 0.270. The minimum Gasteiger partial charge on any atom is -0.307 e. The second-order valence-electron chi connectivity index (χ2n) is 5.16. The van der Waals surface area contributed by atoms with Gasteiger partial charge in [-0.15, -0.1) is 0 Å². The van der Waals surface area contributed by atoms with E-state index < -0.39 is 10.0 Å². The number of rotatable bonds is 6. The van der Waals surface area contributed by atoms with Crippen LogP contribution >= 0.6 is 0 Å². The zero-order valence-electron chi connectivity index (χ0n) is 12.7. The Kier molecular flexibility index (Phi) is 4.42. The second kappa shape index (κ2) is 6.49. The Hall–Kier alpha value is -2.22. The topological polar surface area (TPSA) is 75.5 Å². The molecular formula is C16H18N4O2S. The van der Waals surface area contributed by atoms with Crippen molar-refractivity contribution >= 4 is 15.7 Å². The summed E-state index contributed by atoms with van der Waals surface area (Å²) in [4.78, 5) is 4.78. The average Bonchev–Trinajstić information content (AvgIpc) is 2.98. The first-order valence-electron chi connectivity index (χ1n) is 7.24. The van der Waals surface area contributed by atoms with Crippen molar-refractivity contribution in [3.05, 3.63) is 66.1 Å². The summed E-state index contributed by atoms with van der Waals surface area (Å²) in [5, 5.41) is 3.28. The number of pyridine rings is 1. The molecule has 3 aromatic rings. The molecule has 0 bridgehead atoms. The van der Waals surface area contributed by atoms with E-state index in [1.807, 2.05) is 41.1 Å². The predicted octanol–water partition coefficient (Wildman–Crippen LogP) is 1.53. The molecule has 0 saturated carbocycles. The van der Waals surface area contributed by atoms with Gasteiger partial charge in [-0.3, -0.25) is 0 Å². The molecule has 23 heavy (non-hydrogen) atoms. The number of aromatic nitrogens is 2. The Labute approximate surface area is 135 Å². The highest BCUT2D eigenvalue weighted by Crippen LogP contribution is 2.11. The highest BCUT2D eigenvalue weighted by Gasteiger charge is 2.11. The maximum atomic E-state index is 11.8. The first-order valence-corrected chi connectivity index (χ1v) is 8.72. The summed E-state index contributed by atoms with van der Waals surface area (Å²) in [6, 6.07) is 12.7. The minimum atomic E-state index is -3.41. The number of nitrogens with zero attached hydrogens (tertiary/aromatic N) is 2. The third-order valence-corrected chi connectivity index (χ3v) is 4.94. The molecule has 0 fully saturated rings. The highest BCUT2D eigenvalue weighted by molar-refractivity contribution is 7.89. The monoisotopic (exact) mass is 330 g/mol. The molecule has 0 spiro atoms. The molecule has 2 aromatic heterocycles. The van der Waals surface area contributed by atoms with Crippen molar-refractivity contribution < 1.29 is 8.42 Å². The number of nitrogens with one attached hydrogen (secondary N) is 2. The van der Waals surface area contributed by atoms with Crippen molar-refractivity contribution in [3.8, 4) is 0 Å². The molecule has 1 aromatic carbocycles. The lowest BCUT2D eigenvalue weighted by atomic mass is 10.2. The summed E-state index contributed by atoms with van der Waals surface area (Å²) >= 11 is 0. The summed E-state index contributed by atoms with van der Waals surface area (Å²) in [5.41, 5.74) is 2.76. The quantitative estimate of drug-likeness (QED) is 0.719. The van der Waals surface area contributed by atoms with Gasteiger partial charge in [0.25, 0.3) is 0 Å². The van der Waals surface area contributed by atoms with Crippen LogP contribution in [-0.4, -0.2) is 24.9 Å². The fourth-order valence-electron chi connectivity index (χ4n) is 2.35. The number of benzene rings is 1. The van der Waals surface area contributed by atoms with Gasteiger partial charge in [-0.05, 0) is 36.9 Å². The Morgan fingerprint density at radius 2 is 2.00 bits per heavy atom.